The average molecular weight is 241 g/mol. The third kappa shape index (κ3) is 2.24. The lowest BCUT2D eigenvalue weighted by Gasteiger charge is -2.20. The fraction of sp³-hybridized carbons (Fsp3) is 0.333. The summed E-state index contributed by atoms with van der Waals surface area (Å²) in [5, 5.41) is 8.67. The number of aliphatic hydroxyl groups is 1. The second-order valence-electron chi connectivity index (χ2n) is 3.19. The van der Waals surface area contributed by atoms with E-state index in [-0.39, 0.29) is 11.3 Å². The summed E-state index contributed by atoms with van der Waals surface area (Å²) in [6.07, 6.45) is -5.69. The zero-order valence-corrected chi connectivity index (χ0v) is 7.85. The fourth-order valence-corrected chi connectivity index (χ4v) is 1.15. The molecule has 0 aliphatic heterocycles. The van der Waals surface area contributed by atoms with Crippen molar-refractivity contribution in [1.82, 2.24) is 0 Å². The Labute approximate surface area is 87.5 Å². The molecule has 0 spiro atoms. The number of hydrogen-bond acceptors (Lipinski definition) is 2. The SMILES string of the molecule is Nc1cc(CO)cc(C(F)(F)C(F)(F)F)c1. The molecule has 3 N–H and O–H groups in total. The first kappa shape index (κ1) is 12.7. The summed E-state index contributed by atoms with van der Waals surface area (Å²) in [4.78, 5) is 0. The minimum Gasteiger partial charge on any atom is -0.399 e. The van der Waals surface area contributed by atoms with Gasteiger partial charge in [-0.15, -0.1) is 0 Å². The number of benzene rings is 1. The Hall–Kier alpha value is -1.37. The van der Waals surface area contributed by atoms with Gasteiger partial charge >= 0.3 is 12.1 Å². The molecule has 1 aromatic carbocycles. The summed E-state index contributed by atoms with van der Waals surface area (Å²) in [7, 11) is 0. The molecule has 1 aromatic rings. The number of nitrogen functional groups attached to an aromatic ring is 1. The molecular weight excluding hydrogens is 233 g/mol. The maximum atomic E-state index is 12.9. The molecule has 0 saturated carbocycles. The van der Waals surface area contributed by atoms with Crippen LogP contribution in [0.1, 0.15) is 11.1 Å². The lowest BCUT2D eigenvalue weighted by molar-refractivity contribution is -0.289. The van der Waals surface area contributed by atoms with Crippen LogP contribution in [0.5, 0.6) is 0 Å². The largest absolute Gasteiger partial charge is 0.458 e. The molecule has 0 aromatic heterocycles. The molecule has 0 radical (unpaired) electrons. The van der Waals surface area contributed by atoms with Crippen molar-refractivity contribution in [2.75, 3.05) is 5.73 Å². The zero-order valence-electron chi connectivity index (χ0n) is 7.85. The highest BCUT2D eigenvalue weighted by Gasteiger charge is 2.58. The molecule has 90 valence electrons. The molecule has 0 heterocycles. The van der Waals surface area contributed by atoms with Crippen LogP contribution in [-0.4, -0.2) is 11.3 Å². The van der Waals surface area contributed by atoms with Crippen LogP contribution in [0.3, 0.4) is 0 Å². The Morgan fingerprint density at radius 2 is 1.62 bits per heavy atom. The smallest absolute Gasteiger partial charge is 0.399 e. The van der Waals surface area contributed by atoms with E-state index in [2.05, 4.69) is 0 Å². The number of nitrogens with two attached hydrogens (primary N) is 1. The van der Waals surface area contributed by atoms with Gasteiger partial charge < -0.3 is 10.8 Å². The third-order valence-electron chi connectivity index (χ3n) is 1.92. The van der Waals surface area contributed by atoms with E-state index < -0.39 is 24.3 Å². The lowest BCUT2D eigenvalue weighted by Crippen LogP contribution is -2.33. The molecule has 0 aliphatic carbocycles. The van der Waals surface area contributed by atoms with Gasteiger partial charge in [0, 0.05) is 11.3 Å². The predicted molar refractivity (Wildman–Crippen MR) is 46.7 cm³/mol. The first-order valence-corrected chi connectivity index (χ1v) is 4.14. The lowest BCUT2D eigenvalue weighted by atomic mass is 10.0. The molecule has 0 atom stereocenters. The van der Waals surface area contributed by atoms with Gasteiger partial charge in [0.15, 0.2) is 0 Å². The van der Waals surface area contributed by atoms with Gasteiger partial charge in [-0.1, -0.05) is 0 Å². The maximum Gasteiger partial charge on any atom is 0.458 e. The standard InChI is InChI=1S/C9H8F5NO/c10-8(11,9(12,13)14)6-1-5(4-16)2-7(15)3-6/h1-3,16H,4,15H2. The van der Waals surface area contributed by atoms with Gasteiger partial charge in [0.25, 0.3) is 0 Å². The van der Waals surface area contributed by atoms with Crippen LogP contribution in [0.2, 0.25) is 0 Å². The van der Waals surface area contributed by atoms with Crippen molar-refractivity contribution in [3.05, 3.63) is 29.3 Å². The number of aliphatic hydroxyl groups excluding tert-OH is 1. The van der Waals surface area contributed by atoms with E-state index >= 15 is 0 Å². The van der Waals surface area contributed by atoms with Crippen LogP contribution >= 0.6 is 0 Å². The number of anilines is 1. The maximum absolute atomic E-state index is 12.9. The van der Waals surface area contributed by atoms with Crippen molar-refractivity contribution in [2.24, 2.45) is 0 Å². The van der Waals surface area contributed by atoms with E-state index in [1.807, 2.05) is 0 Å². The summed E-state index contributed by atoms with van der Waals surface area (Å²) in [6.45, 7) is -0.661. The van der Waals surface area contributed by atoms with Crippen LogP contribution in [0.25, 0.3) is 0 Å². The van der Waals surface area contributed by atoms with E-state index in [4.69, 9.17) is 10.8 Å². The van der Waals surface area contributed by atoms with Crippen LogP contribution < -0.4 is 5.73 Å². The molecule has 1 rings (SSSR count). The van der Waals surface area contributed by atoms with Crippen LogP contribution in [0.4, 0.5) is 27.6 Å². The molecule has 0 bridgehead atoms. The normalized spacial score (nSPS) is 12.9. The van der Waals surface area contributed by atoms with E-state index in [1.165, 1.54) is 0 Å². The summed E-state index contributed by atoms with van der Waals surface area (Å²) in [5.41, 5.74) is 3.53. The van der Waals surface area contributed by atoms with Crippen molar-refractivity contribution in [1.29, 1.82) is 0 Å². The Balaban J connectivity index is 3.27. The van der Waals surface area contributed by atoms with Gasteiger partial charge in [0.05, 0.1) is 6.61 Å². The quantitative estimate of drug-likeness (QED) is 0.617. The van der Waals surface area contributed by atoms with Gasteiger partial charge in [-0.05, 0) is 23.8 Å². The second-order valence-corrected chi connectivity index (χ2v) is 3.19. The molecule has 0 unspecified atom stereocenters. The van der Waals surface area contributed by atoms with E-state index in [0.29, 0.717) is 12.1 Å². The van der Waals surface area contributed by atoms with Crippen LogP contribution in [0, 0.1) is 0 Å². The van der Waals surface area contributed by atoms with Crippen molar-refractivity contribution in [2.45, 2.75) is 18.7 Å². The molecule has 7 heteroatoms. The van der Waals surface area contributed by atoms with Gasteiger partial charge in [-0.25, -0.2) is 0 Å². The minimum atomic E-state index is -5.69. The average Bonchev–Trinajstić information content (AvgIpc) is 2.15. The van der Waals surface area contributed by atoms with Crippen molar-refractivity contribution >= 4 is 5.69 Å². The molecule has 0 fully saturated rings. The summed E-state index contributed by atoms with van der Waals surface area (Å²) < 4.78 is 61.9. The summed E-state index contributed by atoms with van der Waals surface area (Å²) in [6, 6.07) is 2.23. The van der Waals surface area contributed by atoms with Gasteiger partial charge in [-0.2, -0.15) is 22.0 Å². The first-order valence-electron chi connectivity index (χ1n) is 4.14. The molecule has 16 heavy (non-hydrogen) atoms. The number of halogens is 5. The van der Waals surface area contributed by atoms with Crippen LogP contribution in [0.15, 0.2) is 18.2 Å². The fourth-order valence-electron chi connectivity index (χ4n) is 1.15. The zero-order chi connectivity index (χ0) is 12.6. The third-order valence-corrected chi connectivity index (χ3v) is 1.92. The molecule has 0 saturated heterocycles. The van der Waals surface area contributed by atoms with E-state index in [0.717, 1.165) is 6.07 Å². The Morgan fingerprint density at radius 1 is 1.06 bits per heavy atom. The van der Waals surface area contributed by atoms with Gasteiger partial charge in [0.2, 0.25) is 0 Å². The van der Waals surface area contributed by atoms with Gasteiger partial charge in [0.1, 0.15) is 0 Å². The summed E-state index contributed by atoms with van der Waals surface area (Å²) in [5.74, 6) is -4.98. The first-order chi connectivity index (χ1) is 7.18. The van der Waals surface area contributed by atoms with Gasteiger partial charge in [-0.3, -0.25) is 0 Å². The predicted octanol–water partition coefficient (Wildman–Crippen LogP) is 2.42. The topological polar surface area (TPSA) is 46.2 Å². The Kier molecular flexibility index (Phi) is 3.09. The highest BCUT2D eigenvalue weighted by Crippen LogP contribution is 2.44. The second kappa shape index (κ2) is 3.89. The molecule has 0 amide bonds. The van der Waals surface area contributed by atoms with E-state index in [9.17, 15) is 22.0 Å². The van der Waals surface area contributed by atoms with Crippen molar-refractivity contribution in [3.8, 4) is 0 Å². The van der Waals surface area contributed by atoms with Crippen molar-refractivity contribution < 1.29 is 27.1 Å². The highest BCUT2D eigenvalue weighted by atomic mass is 19.4. The number of alkyl halides is 5. The number of hydrogen-bond donors (Lipinski definition) is 2. The van der Waals surface area contributed by atoms with Crippen LogP contribution in [-0.2, 0) is 12.5 Å². The Bertz CT molecular complexity index is 388. The van der Waals surface area contributed by atoms with Crippen molar-refractivity contribution in [3.63, 3.8) is 0 Å². The van der Waals surface area contributed by atoms with E-state index in [1.54, 1.807) is 0 Å². The minimum absolute atomic E-state index is 0.0982. The molecular formula is C9H8F5NO. The summed E-state index contributed by atoms with van der Waals surface area (Å²) >= 11 is 0. The molecule has 0 aliphatic rings. The highest BCUT2D eigenvalue weighted by molar-refractivity contribution is 5.46. The monoisotopic (exact) mass is 241 g/mol. The molecule has 2 nitrogen and oxygen atoms in total. The Morgan fingerprint density at radius 3 is 2.06 bits per heavy atom. The number of rotatable bonds is 2.